The minimum Gasteiger partial charge on any atom is -0.337 e. The van der Waals surface area contributed by atoms with E-state index in [0.29, 0.717) is 18.5 Å². The number of likely N-dealkylation sites (tertiary alicyclic amines) is 1. The van der Waals surface area contributed by atoms with E-state index >= 15 is 0 Å². The van der Waals surface area contributed by atoms with Crippen LogP contribution >= 0.6 is 0 Å². The topological polar surface area (TPSA) is 71.3 Å². The number of carbonyl (C=O) groups excluding carboxylic acids is 2. The fourth-order valence-electron chi connectivity index (χ4n) is 3.65. The molecule has 0 radical (unpaired) electrons. The van der Waals surface area contributed by atoms with Gasteiger partial charge in [-0.1, -0.05) is 0 Å². The zero-order chi connectivity index (χ0) is 17.2. The van der Waals surface area contributed by atoms with E-state index < -0.39 is 0 Å². The summed E-state index contributed by atoms with van der Waals surface area (Å²) in [6.45, 7) is 2.17. The zero-order valence-corrected chi connectivity index (χ0v) is 14.0. The number of anilines is 1. The molecule has 0 saturated carbocycles. The van der Waals surface area contributed by atoms with Gasteiger partial charge < -0.3 is 9.80 Å². The normalized spacial score (nSPS) is 21.0. The lowest BCUT2D eigenvalue weighted by Gasteiger charge is -2.32. The number of piperidine rings is 1. The summed E-state index contributed by atoms with van der Waals surface area (Å²) in [5.41, 5.74) is 1.54. The van der Waals surface area contributed by atoms with Gasteiger partial charge in [-0.15, -0.1) is 0 Å². The molecule has 0 bridgehead atoms. The number of nitrogens with zero attached hydrogens (tertiary/aromatic N) is 5. The molecule has 7 heteroatoms. The highest BCUT2D eigenvalue weighted by atomic mass is 16.2. The second-order valence-corrected chi connectivity index (χ2v) is 6.62. The van der Waals surface area contributed by atoms with Gasteiger partial charge in [0.05, 0.1) is 6.04 Å². The number of rotatable bonds is 3. The number of hydrogen-bond acceptors (Lipinski definition) is 4. The lowest BCUT2D eigenvalue weighted by atomic mass is 10.0. The Morgan fingerprint density at radius 1 is 1.12 bits per heavy atom. The van der Waals surface area contributed by atoms with E-state index in [2.05, 4.69) is 10.1 Å². The Morgan fingerprint density at radius 3 is 2.64 bits per heavy atom. The molecule has 3 heterocycles. The molecule has 2 fully saturated rings. The maximum absolute atomic E-state index is 12.8. The third-order valence-corrected chi connectivity index (χ3v) is 4.99. The molecule has 4 rings (SSSR count). The van der Waals surface area contributed by atoms with E-state index in [4.69, 9.17) is 0 Å². The van der Waals surface area contributed by atoms with Crippen molar-refractivity contribution < 1.29 is 9.59 Å². The number of amides is 2. The van der Waals surface area contributed by atoms with Crippen LogP contribution in [0.15, 0.2) is 36.9 Å². The van der Waals surface area contributed by atoms with Gasteiger partial charge in [0.2, 0.25) is 5.91 Å². The molecule has 2 aromatic rings. The van der Waals surface area contributed by atoms with Crippen LogP contribution in [0.2, 0.25) is 0 Å². The predicted molar refractivity (Wildman–Crippen MR) is 92.2 cm³/mol. The van der Waals surface area contributed by atoms with E-state index in [9.17, 15) is 9.59 Å². The molecular formula is C18H21N5O2. The molecule has 0 spiro atoms. The molecule has 130 valence electrons. The molecule has 2 saturated heterocycles. The molecule has 7 nitrogen and oxygen atoms in total. The molecule has 0 aliphatic carbocycles. The largest absolute Gasteiger partial charge is 0.337 e. The van der Waals surface area contributed by atoms with Crippen LogP contribution in [-0.2, 0) is 4.79 Å². The van der Waals surface area contributed by atoms with Crippen LogP contribution in [0.5, 0.6) is 0 Å². The Kier molecular flexibility index (Phi) is 4.21. The standard InChI is InChI=1S/C18H21N5O2/c24-17-4-2-10-22(17)15-7-5-14(6-8-15)18(25)21-9-1-3-16(11-21)23-13-19-12-20-23/h5-8,12-13,16H,1-4,9-11H2. The molecule has 1 atom stereocenters. The van der Waals surface area contributed by atoms with Crippen molar-refractivity contribution in [2.75, 3.05) is 24.5 Å². The lowest BCUT2D eigenvalue weighted by Crippen LogP contribution is -2.40. The highest BCUT2D eigenvalue weighted by Crippen LogP contribution is 2.24. The third-order valence-electron chi connectivity index (χ3n) is 4.99. The first kappa shape index (κ1) is 15.8. The summed E-state index contributed by atoms with van der Waals surface area (Å²) >= 11 is 0. The van der Waals surface area contributed by atoms with Crippen molar-refractivity contribution in [3.63, 3.8) is 0 Å². The third kappa shape index (κ3) is 3.14. The second-order valence-electron chi connectivity index (χ2n) is 6.62. The van der Waals surface area contributed by atoms with Gasteiger partial charge in [0, 0.05) is 37.3 Å². The van der Waals surface area contributed by atoms with Crippen molar-refractivity contribution in [1.29, 1.82) is 0 Å². The summed E-state index contributed by atoms with van der Waals surface area (Å²) in [5.74, 6) is 0.190. The van der Waals surface area contributed by atoms with E-state index in [0.717, 1.165) is 38.0 Å². The van der Waals surface area contributed by atoms with Crippen molar-refractivity contribution >= 4 is 17.5 Å². The van der Waals surface area contributed by atoms with Crippen LogP contribution in [0.3, 0.4) is 0 Å². The first-order valence-electron chi connectivity index (χ1n) is 8.76. The summed E-state index contributed by atoms with van der Waals surface area (Å²) in [6, 6.07) is 7.57. The van der Waals surface area contributed by atoms with Gasteiger partial charge in [-0.25, -0.2) is 9.67 Å². The smallest absolute Gasteiger partial charge is 0.253 e. The van der Waals surface area contributed by atoms with Crippen LogP contribution < -0.4 is 4.90 Å². The van der Waals surface area contributed by atoms with Gasteiger partial charge in [-0.05, 0) is 43.5 Å². The Balaban J connectivity index is 1.46. The summed E-state index contributed by atoms with van der Waals surface area (Å²) < 4.78 is 1.83. The number of hydrogen-bond donors (Lipinski definition) is 0. The van der Waals surface area contributed by atoms with Crippen LogP contribution in [0.25, 0.3) is 0 Å². The molecule has 0 N–H and O–H groups in total. The van der Waals surface area contributed by atoms with E-state index in [1.54, 1.807) is 11.2 Å². The Bertz CT molecular complexity index is 756. The van der Waals surface area contributed by atoms with E-state index in [-0.39, 0.29) is 17.9 Å². The summed E-state index contributed by atoms with van der Waals surface area (Å²) in [5, 5.41) is 4.20. The van der Waals surface area contributed by atoms with Crippen LogP contribution in [0.1, 0.15) is 42.1 Å². The average Bonchev–Trinajstić information content (AvgIpc) is 3.33. The van der Waals surface area contributed by atoms with Gasteiger partial charge in [-0.2, -0.15) is 5.10 Å². The van der Waals surface area contributed by atoms with Gasteiger partial charge in [0.1, 0.15) is 12.7 Å². The molecule has 1 aromatic heterocycles. The fourth-order valence-corrected chi connectivity index (χ4v) is 3.65. The van der Waals surface area contributed by atoms with Gasteiger partial charge in [-0.3, -0.25) is 9.59 Å². The Morgan fingerprint density at radius 2 is 1.96 bits per heavy atom. The van der Waals surface area contributed by atoms with E-state index in [1.165, 1.54) is 6.33 Å². The zero-order valence-electron chi connectivity index (χ0n) is 14.0. The van der Waals surface area contributed by atoms with Crippen LogP contribution in [0, 0.1) is 0 Å². The maximum Gasteiger partial charge on any atom is 0.253 e. The second kappa shape index (κ2) is 6.66. The highest BCUT2D eigenvalue weighted by molar-refractivity contribution is 5.97. The average molecular weight is 339 g/mol. The van der Waals surface area contributed by atoms with Gasteiger partial charge in [0.25, 0.3) is 5.91 Å². The summed E-state index contributed by atoms with van der Waals surface area (Å²) in [7, 11) is 0. The molecule has 25 heavy (non-hydrogen) atoms. The molecular weight excluding hydrogens is 318 g/mol. The summed E-state index contributed by atoms with van der Waals surface area (Å²) in [4.78, 5) is 32.3. The number of aromatic nitrogens is 3. The number of carbonyl (C=O) groups is 2. The predicted octanol–water partition coefficient (Wildman–Crippen LogP) is 1.88. The van der Waals surface area contributed by atoms with Crippen molar-refractivity contribution in [1.82, 2.24) is 19.7 Å². The first-order valence-corrected chi connectivity index (χ1v) is 8.76. The SMILES string of the molecule is O=C(c1ccc(N2CCCC2=O)cc1)N1CCCC(n2cncn2)C1. The van der Waals surface area contributed by atoms with Gasteiger partial charge in [0.15, 0.2) is 0 Å². The fraction of sp³-hybridized carbons (Fsp3) is 0.444. The Hall–Kier alpha value is -2.70. The maximum atomic E-state index is 12.8. The monoisotopic (exact) mass is 339 g/mol. The molecule has 1 unspecified atom stereocenters. The van der Waals surface area contributed by atoms with E-state index in [1.807, 2.05) is 33.8 Å². The molecule has 2 aliphatic rings. The van der Waals surface area contributed by atoms with Crippen molar-refractivity contribution in [3.8, 4) is 0 Å². The molecule has 1 aromatic carbocycles. The summed E-state index contributed by atoms with van der Waals surface area (Å²) in [6.07, 6.45) is 6.70. The minimum atomic E-state index is 0.0316. The van der Waals surface area contributed by atoms with Crippen molar-refractivity contribution in [2.45, 2.75) is 31.7 Å². The van der Waals surface area contributed by atoms with Gasteiger partial charge >= 0.3 is 0 Å². The van der Waals surface area contributed by atoms with Crippen LogP contribution in [0.4, 0.5) is 5.69 Å². The van der Waals surface area contributed by atoms with Crippen molar-refractivity contribution in [2.24, 2.45) is 0 Å². The lowest BCUT2D eigenvalue weighted by molar-refractivity contribution is -0.117. The highest BCUT2D eigenvalue weighted by Gasteiger charge is 2.26. The van der Waals surface area contributed by atoms with Crippen LogP contribution in [-0.4, -0.2) is 51.1 Å². The molecule has 2 aliphatic heterocycles. The minimum absolute atomic E-state index is 0.0316. The van der Waals surface area contributed by atoms with Crippen molar-refractivity contribution in [3.05, 3.63) is 42.5 Å². The molecule has 2 amide bonds. The number of benzene rings is 1. The quantitative estimate of drug-likeness (QED) is 0.856. The Labute approximate surface area is 146 Å². The first-order chi connectivity index (χ1) is 12.2.